The normalized spacial score (nSPS) is 15.7. The summed E-state index contributed by atoms with van der Waals surface area (Å²) in [5.74, 6) is -0.471. The van der Waals surface area contributed by atoms with Crippen LogP contribution in [0.25, 0.3) is 16.8 Å². The van der Waals surface area contributed by atoms with Gasteiger partial charge in [0, 0.05) is 12.6 Å². The Morgan fingerprint density at radius 3 is 2.44 bits per heavy atom. The molecule has 1 fully saturated rings. The number of aliphatic imine (C=N–C) groups is 1. The van der Waals surface area contributed by atoms with Crippen molar-refractivity contribution in [2.45, 2.75) is 6.61 Å². The van der Waals surface area contributed by atoms with Crippen LogP contribution >= 0.6 is 11.8 Å². The molecule has 1 saturated heterocycles. The van der Waals surface area contributed by atoms with Gasteiger partial charge in [0.2, 0.25) is 0 Å². The maximum atomic E-state index is 13.1. The van der Waals surface area contributed by atoms with Crippen LogP contribution in [0.3, 0.4) is 0 Å². The highest BCUT2D eigenvalue weighted by molar-refractivity contribution is 8.18. The maximum absolute atomic E-state index is 13.1. The van der Waals surface area contributed by atoms with Gasteiger partial charge in [-0.3, -0.25) is 9.69 Å². The van der Waals surface area contributed by atoms with Crippen LogP contribution in [0.2, 0.25) is 0 Å². The van der Waals surface area contributed by atoms with Crippen molar-refractivity contribution in [1.82, 2.24) is 4.90 Å². The van der Waals surface area contributed by atoms with Crippen LogP contribution in [-0.4, -0.2) is 34.1 Å². The lowest BCUT2D eigenvalue weighted by atomic mass is 10.0. The number of carbonyl (C=O) groups excluding carboxylic acids is 1. The first-order chi connectivity index (χ1) is 17.5. The fourth-order valence-corrected chi connectivity index (χ4v) is 4.83. The van der Waals surface area contributed by atoms with E-state index in [1.54, 1.807) is 19.2 Å². The molecule has 1 aliphatic rings. The average Bonchev–Trinajstić information content (AvgIpc) is 3.16. The van der Waals surface area contributed by atoms with Gasteiger partial charge in [-0.15, -0.1) is 0 Å². The second-order valence-electron chi connectivity index (χ2n) is 8.19. The molecular weight excluding hydrogens is 472 g/mol. The first-order valence-electron chi connectivity index (χ1n) is 11.3. The number of amides is 1. The molecule has 0 atom stereocenters. The molecule has 0 radical (unpaired) electrons. The van der Waals surface area contributed by atoms with E-state index in [2.05, 4.69) is 4.99 Å². The van der Waals surface area contributed by atoms with E-state index in [0.717, 1.165) is 21.9 Å². The monoisotopic (exact) mass is 494 g/mol. The molecular formula is C29H22N2O4S. The van der Waals surface area contributed by atoms with Crippen LogP contribution < -0.4 is 4.74 Å². The lowest BCUT2D eigenvalue weighted by Crippen LogP contribution is -2.23. The molecule has 7 heteroatoms. The zero-order valence-electron chi connectivity index (χ0n) is 19.4. The maximum Gasteiger partial charge on any atom is 0.335 e. The number of likely N-dealkylation sites (N-methyl/N-ethyl adjacent to an activating group) is 1. The number of fused-ring (bicyclic) bond motifs is 1. The van der Waals surface area contributed by atoms with E-state index in [-0.39, 0.29) is 11.5 Å². The van der Waals surface area contributed by atoms with Crippen molar-refractivity contribution in [3.63, 3.8) is 0 Å². The smallest absolute Gasteiger partial charge is 0.335 e. The van der Waals surface area contributed by atoms with Gasteiger partial charge in [0.1, 0.15) is 12.4 Å². The molecule has 36 heavy (non-hydrogen) atoms. The number of rotatable bonds is 6. The Balaban J connectivity index is 1.49. The Morgan fingerprint density at radius 1 is 0.972 bits per heavy atom. The minimum atomic E-state index is -0.998. The Kier molecular flexibility index (Phi) is 6.56. The highest BCUT2D eigenvalue weighted by Crippen LogP contribution is 2.37. The van der Waals surface area contributed by atoms with Gasteiger partial charge in [0.15, 0.2) is 5.17 Å². The number of carbonyl (C=O) groups is 2. The van der Waals surface area contributed by atoms with Crippen molar-refractivity contribution in [2.24, 2.45) is 4.99 Å². The van der Waals surface area contributed by atoms with Crippen LogP contribution in [0.15, 0.2) is 101 Å². The third kappa shape index (κ3) is 4.87. The highest BCUT2D eigenvalue weighted by Gasteiger charge is 2.31. The number of nitrogens with zero attached hydrogens (tertiary/aromatic N) is 2. The summed E-state index contributed by atoms with van der Waals surface area (Å²) in [4.78, 5) is 30.8. The van der Waals surface area contributed by atoms with Crippen LogP contribution in [0.4, 0.5) is 5.69 Å². The third-order valence-corrected chi connectivity index (χ3v) is 6.85. The Hall–Kier alpha value is -4.36. The number of thioether (sulfide) groups is 1. The number of hydrogen-bond donors (Lipinski definition) is 1. The summed E-state index contributed by atoms with van der Waals surface area (Å²) in [5.41, 5.74) is 2.64. The minimum absolute atomic E-state index is 0.164. The number of aromatic carboxylic acids is 1. The van der Waals surface area contributed by atoms with E-state index in [9.17, 15) is 9.59 Å². The molecule has 4 aromatic rings. The summed E-state index contributed by atoms with van der Waals surface area (Å²) in [5, 5.41) is 11.7. The Labute approximate surface area is 212 Å². The van der Waals surface area contributed by atoms with Crippen LogP contribution in [0.1, 0.15) is 21.5 Å². The van der Waals surface area contributed by atoms with Crippen LogP contribution in [0, 0.1) is 0 Å². The van der Waals surface area contributed by atoms with E-state index < -0.39 is 5.97 Å². The summed E-state index contributed by atoms with van der Waals surface area (Å²) in [6.45, 7) is 0.412. The molecule has 0 spiro atoms. The fourth-order valence-electron chi connectivity index (χ4n) is 3.86. The van der Waals surface area contributed by atoms with Crippen LogP contribution in [0.5, 0.6) is 5.75 Å². The van der Waals surface area contributed by atoms with Gasteiger partial charge in [-0.2, -0.15) is 0 Å². The predicted molar refractivity (Wildman–Crippen MR) is 144 cm³/mol. The first-order valence-corrected chi connectivity index (χ1v) is 12.1. The van der Waals surface area contributed by atoms with Crippen LogP contribution in [-0.2, 0) is 11.4 Å². The number of ether oxygens (including phenoxy) is 1. The second-order valence-corrected chi connectivity index (χ2v) is 9.20. The molecule has 0 unspecified atom stereocenters. The molecule has 0 aliphatic carbocycles. The lowest BCUT2D eigenvalue weighted by Gasteiger charge is -2.13. The summed E-state index contributed by atoms with van der Waals surface area (Å²) >= 11 is 1.27. The number of benzene rings is 4. The zero-order chi connectivity index (χ0) is 25.1. The van der Waals surface area contributed by atoms with Crippen molar-refractivity contribution in [3.05, 3.63) is 113 Å². The van der Waals surface area contributed by atoms with Gasteiger partial charge in [0.05, 0.1) is 16.2 Å². The SMILES string of the molecule is CN1C(=O)/C(=C\c2c(OCc3ccccc3)ccc3ccccc23)SC1=Nc1ccc(C(=O)O)cc1. The summed E-state index contributed by atoms with van der Waals surface area (Å²) in [6.07, 6.45) is 1.86. The standard InChI is InChI=1S/C29H22N2O4S/c1-31-27(32)26(36-29(31)30-22-14-11-21(12-15-22)28(33)34)17-24-23-10-6-5-9-20(23)13-16-25(24)35-18-19-7-3-2-4-8-19/h2-17H,18H2,1H3,(H,33,34)/b26-17+,30-29?. The quantitative estimate of drug-likeness (QED) is 0.316. The molecule has 0 bridgehead atoms. The molecule has 5 rings (SSSR count). The molecule has 1 heterocycles. The van der Waals surface area contributed by atoms with Crippen molar-refractivity contribution < 1.29 is 19.4 Å². The first kappa shape index (κ1) is 23.4. The van der Waals surface area contributed by atoms with E-state index in [1.807, 2.05) is 72.8 Å². The van der Waals surface area contributed by atoms with Gasteiger partial charge in [-0.1, -0.05) is 60.7 Å². The van der Waals surface area contributed by atoms with E-state index in [0.29, 0.717) is 28.1 Å². The van der Waals surface area contributed by atoms with Gasteiger partial charge < -0.3 is 9.84 Å². The molecule has 1 N–H and O–H groups in total. The van der Waals surface area contributed by atoms with Gasteiger partial charge in [-0.05, 0) is 64.5 Å². The molecule has 0 saturated carbocycles. The molecule has 1 aliphatic heterocycles. The van der Waals surface area contributed by atoms with Crippen molar-refractivity contribution in [2.75, 3.05) is 7.05 Å². The molecule has 6 nitrogen and oxygen atoms in total. The van der Waals surface area contributed by atoms with E-state index in [4.69, 9.17) is 9.84 Å². The van der Waals surface area contributed by atoms with E-state index in [1.165, 1.54) is 28.8 Å². The zero-order valence-corrected chi connectivity index (χ0v) is 20.2. The number of amidine groups is 1. The molecule has 178 valence electrons. The fraction of sp³-hybridized carbons (Fsp3) is 0.0690. The molecule has 4 aromatic carbocycles. The highest BCUT2D eigenvalue weighted by atomic mass is 32.2. The molecule has 0 aromatic heterocycles. The summed E-state index contributed by atoms with van der Waals surface area (Å²) in [7, 11) is 1.68. The average molecular weight is 495 g/mol. The topological polar surface area (TPSA) is 79.2 Å². The van der Waals surface area contributed by atoms with Crippen molar-refractivity contribution in [3.8, 4) is 5.75 Å². The predicted octanol–water partition coefficient (Wildman–Crippen LogP) is 6.35. The Morgan fingerprint density at radius 2 is 1.69 bits per heavy atom. The summed E-state index contributed by atoms with van der Waals surface area (Å²) < 4.78 is 6.20. The number of carboxylic acids is 1. The largest absolute Gasteiger partial charge is 0.488 e. The van der Waals surface area contributed by atoms with Gasteiger partial charge in [-0.25, -0.2) is 9.79 Å². The van der Waals surface area contributed by atoms with E-state index >= 15 is 0 Å². The molecule has 1 amide bonds. The number of hydrogen-bond acceptors (Lipinski definition) is 5. The summed E-state index contributed by atoms with van der Waals surface area (Å²) in [6, 6.07) is 28.1. The lowest BCUT2D eigenvalue weighted by molar-refractivity contribution is -0.121. The third-order valence-electron chi connectivity index (χ3n) is 5.79. The van der Waals surface area contributed by atoms with Crippen molar-refractivity contribution in [1.29, 1.82) is 0 Å². The van der Waals surface area contributed by atoms with Gasteiger partial charge >= 0.3 is 5.97 Å². The second kappa shape index (κ2) is 10.1. The van der Waals surface area contributed by atoms with Gasteiger partial charge in [0.25, 0.3) is 5.91 Å². The Bertz CT molecular complexity index is 1510. The number of carboxylic acid groups (broad SMARTS) is 1. The van der Waals surface area contributed by atoms with Crippen molar-refractivity contribution >= 4 is 51.3 Å². The minimum Gasteiger partial charge on any atom is -0.488 e.